The van der Waals surface area contributed by atoms with Gasteiger partial charge in [-0.3, -0.25) is 10.1 Å². The number of phenols is 2. The van der Waals surface area contributed by atoms with E-state index < -0.39 is 4.92 Å². The van der Waals surface area contributed by atoms with E-state index in [1.807, 2.05) is 0 Å². The van der Waals surface area contributed by atoms with Crippen molar-refractivity contribution in [1.29, 1.82) is 0 Å². The van der Waals surface area contributed by atoms with E-state index in [1.165, 1.54) is 24.3 Å². The zero-order chi connectivity index (χ0) is 13.5. The minimum Gasteiger partial charge on any atom is -0.508 e. The number of para-hydroxylation sites is 2. The molecule has 2 rings (SSSR count). The molecule has 94 valence electrons. The average Bonchev–Trinajstić information content (AvgIpc) is 2.34. The third-order valence-corrected chi connectivity index (χ3v) is 2.00. The van der Waals surface area contributed by atoms with Crippen molar-refractivity contribution in [3.05, 3.63) is 58.6 Å². The van der Waals surface area contributed by atoms with Gasteiger partial charge >= 0.3 is 0 Å². The van der Waals surface area contributed by atoms with Crippen molar-refractivity contribution in [2.45, 2.75) is 0 Å². The van der Waals surface area contributed by atoms with Gasteiger partial charge in [0.1, 0.15) is 11.5 Å². The number of anilines is 1. The number of hydrogen-bond donors (Lipinski definition) is 3. The Morgan fingerprint density at radius 1 is 1.00 bits per heavy atom. The number of nitro benzene ring substituents is 1. The number of benzene rings is 2. The zero-order valence-corrected chi connectivity index (χ0v) is 9.35. The summed E-state index contributed by atoms with van der Waals surface area (Å²) in [6.45, 7) is 0. The van der Waals surface area contributed by atoms with Gasteiger partial charge in [0.05, 0.1) is 10.6 Å². The highest BCUT2D eigenvalue weighted by Gasteiger charge is 2.01. The average molecular weight is 248 g/mol. The minimum atomic E-state index is -0.514. The van der Waals surface area contributed by atoms with E-state index in [0.29, 0.717) is 5.69 Å². The van der Waals surface area contributed by atoms with Crippen molar-refractivity contribution in [3.8, 4) is 11.5 Å². The van der Waals surface area contributed by atoms with Crippen molar-refractivity contribution in [2.24, 2.45) is 0 Å². The van der Waals surface area contributed by atoms with Crippen LogP contribution in [0, 0.1) is 10.1 Å². The summed E-state index contributed by atoms with van der Waals surface area (Å²) in [7, 11) is 0. The number of hydrogen-bond acceptors (Lipinski definition) is 5. The highest BCUT2D eigenvalue weighted by atomic mass is 16.6. The largest absolute Gasteiger partial charge is 0.508 e. The fraction of sp³-hybridized carbons (Fsp3) is 0. The minimum absolute atomic E-state index is 0.0159. The van der Waals surface area contributed by atoms with E-state index in [9.17, 15) is 10.1 Å². The molecule has 0 bridgehead atoms. The fourth-order valence-corrected chi connectivity index (χ4v) is 1.06. The number of nitrogens with two attached hydrogens (primary N) is 1. The van der Waals surface area contributed by atoms with Crippen LogP contribution >= 0.6 is 0 Å². The van der Waals surface area contributed by atoms with Crippen molar-refractivity contribution in [2.75, 3.05) is 5.73 Å². The lowest BCUT2D eigenvalue weighted by Crippen LogP contribution is -1.85. The van der Waals surface area contributed by atoms with Gasteiger partial charge < -0.3 is 15.9 Å². The van der Waals surface area contributed by atoms with E-state index in [4.69, 9.17) is 15.9 Å². The molecular weight excluding hydrogens is 236 g/mol. The van der Waals surface area contributed by atoms with Crippen LogP contribution in [0.1, 0.15) is 0 Å². The Kier molecular flexibility index (Phi) is 4.50. The number of phenolic OH excluding ortho intramolecular Hbond substituents is 2. The van der Waals surface area contributed by atoms with Gasteiger partial charge in [-0.25, -0.2) is 0 Å². The molecule has 0 amide bonds. The lowest BCUT2D eigenvalue weighted by molar-refractivity contribution is -0.384. The standard InChI is InChI=1S/C6H5NO3.C6H7NO/c8-6-3-1-5(2-4-6)7(9)10;7-5-3-1-2-4-6(5)8/h1-4,8H;1-4,8H,7H2. The van der Waals surface area contributed by atoms with E-state index >= 15 is 0 Å². The molecule has 0 radical (unpaired) electrons. The zero-order valence-electron chi connectivity index (χ0n) is 9.35. The lowest BCUT2D eigenvalue weighted by atomic mass is 10.3. The number of nitro groups is 1. The van der Waals surface area contributed by atoms with E-state index in [-0.39, 0.29) is 17.2 Å². The van der Waals surface area contributed by atoms with Crippen LogP contribution < -0.4 is 5.73 Å². The number of non-ortho nitro benzene ring substituents is 1. The first kappa shape index (κ1) is 13.3. The Bertz CT molecular complexity index is 505. The molecule has 0 saturated heterocycles. The van der Waals surface area contributed by atoms with Gasteiger partial charge in [0.2, 0.25) is 0 Å². The van der Waals surface area contributed by atoms with E-state index in [2.05, 4.69) is 0 Å². The number of aromatic hydroxyl groups is 2. The molecule has 0 heterocycles. The molecule has 0 atom stereocenters. The Balaban J connectivity index is 0.000000184. The van der Waals surface area contributed by atoms with Gasteiger partial charge in [-0.15, -0.1) is 0 Å². The van der Waals surface area contributed by atoms with Crippen LogP contribution in [0.3, 0.4) is 0 Å². The quantitative estimate of drug-likeness (QED) is 0.310. The van der Waals surface area contributed by atoms with Crippen LogP contribution in [0.5, 0.6) is 11.5 Å². The molecule has 0 fully saturated rings. The van der Waals surface area contributed by atoms with Crippen LogP contribution in [0.15, 0.2) is 48.5 Å². The Morgan fingerprint density at radius 2 is 1.56 bits per heavy atom. The van der Waals surface area contributed by atoms with Gasteiger partial charge in [-0.1, -0.05) is 12.1 Å². The first-order valence-electron chi connectivity index (χ1n) is 4.97. The first-order valence-corrected chi connectivity index (χ1v) is 4.97. The molecule has 2 aromatic carbocycles. The van der Waals surface area contributed by atoms with Crippen LogP contribution in [0.4, 0.5) is 11.4 Å². The Labute approximate surface area is 103 Å². The maximum atomic E-state index is 10.0. The molecule has 0 aliphatic heterocycles. The van der Waals surface area contributed by atoms with Gasteiger partial charge in [-0.2, -0.15) is 0 Å². The third kappa shape index (κ3) is 4.01. The molecular formula is C12H12N2O4. The van der Waals surface area contributed by atoms with Crippen molar-refractivity contribution < 1.29 is 15.1 Å². The number of rotatable bonds is 1. The smallest absolute Gasteiger partial charge is 0.269 e. The molecule has 0 unspecified atom stereocenters. The molecule has 0 aromatic heterocycles. The monoisotopic (exact) mass is 248 g/mol. The third-order valence-electron chi connectivity index (χ3n) is 2.00. The molecule has 0 aliphatic rings. The summed E-state index contributed by atoms with van der Waals surface area (Å²) < 4.78 is 0. The topological polar surface area (TPSA) is 110 Å². The predicted molar refractivity (Wildman–Crippen MR) is 67.3 cm³/mol. The fourth-order valence-electron chi connectivity index (χ4n) is 1.06. The summed E-state index contributed by atoms with van der Waals surface area (Å²) >= 11 is 0. The second-order valence-corrected chi connectivity index (χ2v) is 3.33. The van der Waals surface area contributed by atoms with Crippen LogP contribution in [-0.4, -0.2) is 15.1 Å². The number of nitrogens with zero attached hydrogens (tertiary/aromatic N) is 1. The molecule has 18 heavy (non-hydrogen) atoms. The van der Waals surface area contributed by atoms with Crippen LogP contribution in [-0.2, 0) is 0 Å². The van der Waals surface area contributed by atoms with Gasteiger partial charge in [0.15, 0.2) is 0 Å². The molecule has 6 heteroatoms. The molecule has 0 aliphatic carbocycles. The summed E-state index contributed by atoms with van der Waals surface area (Å²) in [5.74, 6) is 0.179. The lowest BCUT2D eigenvalue weighted by Gasteiger charge is -1.92. The SMILES string of the molecule is Nc1ccccc1O.O=[N+]([O-])c1ccc(O)cc1. The summed E-state index contributed by atoms with van der Waals surface area (Å²) in [6, 6.07) is 11.7. The molecule has 0 spiro atoms. The van der Waals surface area contributed by atoms with Gasteiger partial charge in [-0.05, 0) is 24.3 Å². The highest BCUT2D eigenvalue weighted by Crippen LogP contribution is 2.16. The summed E-state index contributed by atoms with van der Waals surface area (Å²) in [5, 5.41) is 27.5. The maximum Gasteiger partial charge on any atom is 0.269 e. The van der Waals surface area contributed by atoms with Crippen LogP contribution in [0.2, 0.25) is 0 Å². The van der Waals surface area contributed by atoms with E-state index in [0.717, 1.165) is 0 Å². The van der Waals surface area contributed by atoms with Crippen LogP contribution in [0.25, 0.3) is 0 Å². The molecule has 4 N–H and O–H groups in total. The second-order valence-electron chi connectivity index (χ2n) is 3.33. The highest BCUT2D eigenvalue weighted by molar-refractivity contribution is 5.50. The van der Waals surface area contributed by atoms with Crippen molar-refractivity contribution in [1.82, 2.24) is 0 Å². The maximum absolute atomic E-state index is 10.0. The first-order chi connectivity index (χ1) is 8.50. The van der Waals surface area contributed by atoms with E-state index in [1.54, 1.807) is 24.3 Å². The Hall–Kier alpha value is -2.76. The Morgan fingerprint density at radius 3 is 1.94 bits per heavy atom. The molecule has 2 aromatic rings. The van der Waals surface area contributed by atoms with Gasteiger partial charge in [0.25, 0.3) is 5.69 Å². The predicted octanol–water partition coefficient (Wildman–Crippen LogP) is 2.27. The summed E-state index contributed by atoms with van der Waals surface area (Å²) in [5.41, 5.74) is 5.68. The van der Waals surface area contributed by atoms with Crippen molar-refractivity contribution in [3.63, 3.8) is 0 Å². The summed E-state index contributed by atoms with van der Waals surface area (Å²) in [6.07, 6.45) is 0. The second kappa shape index (κ2) is 6.09. The normalized spacial score (nSPS) is 9.11. The van der Waals surface area contributed by atoms with Gasteiger partial charge in [0, 0.05) is 12.1 Å². The number of nitrogen functional groups attached to an aromatic ring is 1. The van der Waals surface area contributed by atoms with Crippen molar-refractivity contribution >= 4 is 11.4 Å². The summed E-state index contributed by atoms with van der Waals surface area (Å²) in [4.78, 5) is 9.52. The molecule has 0 saturated carbocycles. The molecule has 6 nitrogen and oxygen atoms in total.